The third kappa shape index (κ3) is 5.39. The molecular weight excluding hydrogens is 387 g/mol. The van der Waals surface area contributed by atoms with Crippen molar-refractivity contribution in [1.29, 1.82) is 0 Å². The van der Waals surface area contributed by atoms with Gasteiger partial charge in [0, 0.05) is 31.2 Å². The van der Waals surface area contributed by atoms with Gasteiger partial charge in [-0.05, 0) is 67.4 Å². The van der Waals surface area contributed by atoms with Gasteiger partial charge in [0.2, 0.25) is 0 Å². The third-order valence-electron chi connectivity index (χ3n) is 5.86. The summed E-state index contributed by atoms with van der Waals surface area (Å²) in [6.07, 6.45) is 6.00. The molecule has 2 saturated heterocycles. The van der Waals surface area contributed by atoms with E-state index in [-0.39, 0.29) is 17.9 Å². The first-order valence-corrected chi connectivity index (χ1v) is 11.7. The van der Waals surface area contributed by atoms with E-state index in [9.17, 15) is 9.18 Å². The SMILES string of the molecule is O=c1ccc(N2CCCCC2CNC2CCSCC2)nn1Cc1cccc(F)c1. The highest BCUT2D eigenvalue weighted by molar-refractivity contribution is 7.99. The number of aromatic nitrogens is 2. The van der Waals surface area contributed by atoms with E-state index >= 15 is 0 Å². The van der Waals surface area contributed by atoms with Crippen molar-refractivity contribution in [2.45, 2.75) is 50.7 Å². The molecule has 2 aliphatic heterocycles. The van der Waals surface area contributed by atoms with Crippen LogP contribution in [-0.2, 0) is 6.54 Å². The molecule has 7 heteroatoms. The van der Waals surface area contributed by atoms with E-state index in [0.717, 1.165) is 37.3 Å². The predicted molar refractivity (Wildman–Crippen MR) is 117 cm³/mol. The van der Waals surface area contributed by atoms with Crippen molar-refractivity contribution in [2.24, 2.45) is 0 Å². The smallest absolute Gasteiger partial charge is 0.267 e. The highest BCUT2D eigenvalue weighted by Gasteiger charge is 2.25. The molecule has 2 fully saturated rings. The number of halogens is 1. The molecule has 156 valence electrons. The fraction of sp³-hybridized carbons (Fsp3) is 0.545. The summed E-state index contributed by atoms with van der Waals surface area (Å²) in [7, 11) is 0. The van der Waals surface area contributed by atoms with Gasteiger partial charge in [-0.25, -0.2) is 9.07 Å². The molecule has 0 aliphatic carbocycles. The summed E-state index contributed by atoms with van der Waals surface area (Å²) in [6, 6.07) is 10.8. The molecule has 3 heterocycles. The van der Waals surface area contributed by atoms with Gasteiger partial charge in [-0.1, -0.05) is 12.1 Å². The molecule has 1 atom stereocenters. The molecule has 1 unspecified atom stereocenters. The molecule has 0 saturated carbocycles. The fourth-order valence-corrected chi connectivity index (χ4v) is 5.34. The molecule has 0 bridgehead atoms. The maximum atomic E-state index is 13.5. The van der Waals surface area contributed by atoms with Crippen molar-refractivity contribution >= 4 is 17.6 Å². The molecule has 0 spiro atoms. The lowest BCUT2D eigenvalue weighted by Crippen LogP contribution is -2.49. The van der Waals surface area contributed by atoms with E-state index in [0.29, 0.717) is 12.1 Å². The molecule has 0 amide bonds. The largest absolute Gasteiger partial charge is 0.351 e. The second-order valence-corrected chi connectivity index (χ2v) is 9.18. The van der Waals surface area contributed by atoms with E-state index < -0.39 is 0 Å². The van der Waals surface area contributed by atoms with Crippen molar-refractivity contribution < 1.29 is 4.39 Å². The van der Waals surface area contributed by atoms with Gasteiger partial charge in [0.1, 0.15) is 11.6 Å². The Balaban J connectivity index is 1.48. The molecule has 2 aromatic rings. The molecule has 5 nitrogen and oxygen atoms in total. The van der Waals surface area contributed by atoms with Crippen LogP contribution in [0.3, 0.4) is 0 Å². The van der Waals surface area contributed by atoms with Crippen LogP contribution in [-0.4, -0.2) is 46.5 Å². The summed E-state index contributed by atoms with van der Waals surface area (Å²) in [6.45, 7) is 2.19. The van der Waals surface area contributed by atoms with Crippen molar-refractivity contribution in [3.8, 4) is 0 Å². The molecule has 1 aromatic heterocycles. The minimum absolute atomic E-state index is 0.163. The van der Waals surface area contributed by atoms with Gasteiger partial charge in [0.25, 0.3) is 5.56 Å². The lowest BCUT2D eigenvalue weighted by Gasteiger charge is -2.38. The Labute approximate surface area is 175 Å². The Morgan fingerprint density at radius 3 is 2.83 bits per heavy atom. The Kier molecular flexibility index (Phi) is 6.87. The van der Waals surface area contributed by atoms with Crippen molar-refractivity contribution in [3.05, 3.63) is 58.1 Å². The van der Waals surface area contributed by atoms with Gasteiger partial charge in [-0.3, -0.25) is 4.79 Å². The van der Waals surface area contributed by atoms with Crippen LogP contribution in [0.4, 0.5) is 10.2 Å². The predicted octanol–water partition coefficient (Wildman–Crippen LogP) is 3.27. The number of piperidine rings is 1. The van der Waals surface area contributed by atoms with E-state index in [2.05, 4.69) is 15.3 Å². The first kappa shape index (κ1) is 20.4. The minimum Gasteiger partial charge on any atom is -0.351 e. The van der Waals surface area contributed by atoms with E-state index in [1.165, 1.54) is 47.6 Å². The Bertz CT molecular complexity index is 868. The number of benzene rings is 1. The maximum absolute atomic E-state index is 13.5. The van der Waals surface area contributed by atoms with Gasteiger partial charge in [-0.15, -0.1) is 0 Å². The molecule has 29 heavy (non-hydrogen) atoms. The van der Waals surface area contributed by atoms with Crippen LogP contribution in [0.25, 0.3) is 0 Å². The fourth-order valence-electron chi connectivity index (χ4n) is 4.23. The Morgan fingerprint density at radius 2 is 2.00 bits per heavy atom. The van der Waals surface area contributed by atoms with Crippen molar-refractivity contribution in [3.63, 3.8) is 0 Å². The standard InChI is InChI=1S/C22H29FN4OS/c23-18-5-3-4-17(14-18)16-27-22(28)8-7-21(25-27)26-11-2-1-6-20(26)15-24-19-9-12-29-13-10-19/h3-5,7-8,14,19-20,24H,1-2,6,9-13,15-16H2. The minimum atomic E-state index is -0.296. The third-order valence-corrected chi connectivity index (χ3v) is 6.91. The summed E-state index contributed by atoms with van der Waals surface area (Å²) in [5.74, 6) is 3.04. The summed E-state index contributed by atoms with van der Waals surface area (Å²) < 4.78 is 15.0. The maximum Gasteiger partial charge on any atom is 0.267 e. The molecular formula is C22H29FN4OS. The lowest BCUT2D eigenvalue weighted by molar-refractivity contribution is 0.393. The highest BCUT2D eigenvalue weighted by atomic mass is 32.2. The molecule has 4 rings (SSSR count). The van der Waals surface area contributed by atoms with E-state index in [4.69, 9.17) is 0 Å². The monoisotopic (exact) mass is 416 g/mol. The van der Waals surface area contributed by atoms with Crippen LogP contribution in [0.1, 0.15) is 37.7 Å². The number of thioether (sulfide) groups is 1. The average Bonchev–Trinajstić information content (AvgIpc) is 2.75. The molecule has 1 N–H and O–H groups in total. The highest BCUT2D eigenvalue weighted by Crippen LogP contribution is 2.23. The summed E-state index contributed by atoms with van der Waals surface area (Å²) in [5.41, 5.74) is 0.577. The quantitative estimate of drug-likeness (QED) is 0.783. The number of hydrogen-bond acceptors (Lipinski definition) is 5. The molecule has 0 radical (unpaired) electrons. The van der Waals surface area contributed by atoms with Crippen molar-refractivity contribution in [1.82, 2.24) is 15.1 Å². The summed E-state index contributed by atoms with van der Waals surface area (Å²) in [4.78, 5) is 14.7. The van der Waals surface area contributed by atoms with Gasteiger partial charge in [0.05, 0.1) is 6.54 Å². The van der Waals surface area contributed by atoms with E-state index in [1.807, 2.05) is 23.9 Å². The van der Waals surface area contributed by atoms with Gasteiger partial charge in [0.15, 0.2) is 0 Å². The second kappa shape index (κ2) is 9.76. The second-order valence-electron chi connectivity index (χ2n) is 7.96. The number of nitrogens with one attached hydrogen (secondary N) is 1. The summed E-state index contributed by atoms with van der Waals surface area (Å²) >= 11 is 2.05. The van der Waals surface area contributed by atoms with E-state index in [1.54, 1.807) is 12.1 Å². The molecule has 2 aliphatic rings. The zero-order chi connectivity index (χ0) is 20.1. The van der Waals surface area contributed by atoms with Crippen LogP contribution < -0.4 is 15.8 Å². The van der Waals surface area contributed by atoms with Crippen LogP contribution >= 0.6 is 11.8 Å². The van der Waals surface area contributed by atoms with Gasteiger partial charge < -0.3 is 10.2 Å². The summed E-state index contributed by atoms with van der Waals surface area (Å²) in [5, 5.41) is 8.41. The Morgan fingerprint density at radius 1 is 1.14 bits per heavy atom. The van der Waals surface area contributed by atoms with Crippen LogP contribution in [0.5, 0.6) is 0 Å². The zero-order valence-corrected chi connectivity index (χ0v) is 17.5. The van der Waals surface area contributed by atoms with Gasteiger partial charge in [-0.2, -0.15) is 16.9 Å². The topological polar surface area (TPSA) is 50.2 Å². The number of hydrogen-bond donors (Lipinski definition) is 1. The van der Waals surface area contributed by atoms with Crippen molar-refractivity contribution in [2.75, 3.05) is 29.5 Å². The number of nitrogens with zero attached hydrogens (tertiary/aromatic N) is 3. The number of anilines is 1. The van der Waals surface area contributed by atoms with Gasteiger partial charge >= 0.3 is 0 Å². The normalized spacial score (nSPS) is 20.7. The first-order valence-electron chi connectivity index (χ1n) is 10.6. The lowest BCUT2D eigenvalue weighted by atomic mass is 10.0. The first-order chi connectivity index (χ1) is 14.2. The van der Waals surface area contributed by atoms with Crippen LogP contribution in [0.2, 0.25) is 0 Å². The molecule has 1 aromatic carbocycles. The number of rotatable bonds is 6. The van der Waals surface area contributed by atoms with Crippen LogP contribution in [0.15, 0.2) is 41.2 Å². The average molecular weight is 417 g/mol. The van der Waals surface area contributed by atoms with Crippen LogP contribution in [0, 0.1) is 5.82 Å². The Hall–Kier alpha value is -1.86. The zero-order valence-electron chi connectivity index (χ0n) is 16.7.